The average Bonchev–Trinajstić information content (AvgIpc) is 2.71. The molecule has 0 amide bonds. The van der Waals surface area contributed by atoms with Crippen LogP contribution in [0, 0.1) is 55.4 Å². The van der Waals surface area contributed by atoms with Gasteiger partial charge in [0.25, 0.3) is 0 Å². The molecule has 0 radical (unpaired) electrons. The summed E-state index contributed by atoms with van der Waals surface area (Å²) in [6.45, 7) is 17.5. The first-order chi connectivity index (χ1) is 11.2. The Morgan fingerprint density at radius 2 is 1.04 bits per heavy atom. The average molecular weight is 339 g/mol. The van der Waals surface area contributed by atoms with Crippen molar-refractivity contribution in [2.45, 2.75) is 65.2 Å². The molecule has 2 aromatic carbocycles. The number of benzene rings is 2. The van der Waals surface area contributed by atoms with Gasteiger partial charge in [0.05, 0.1) is 5.69 Å². The number of aliphatic imine (C=N–C) groups is 1. The first-order valence-electron chi connectivity index (χ1n) is 8.39. The van der Waals surface area contributed by atoms with Gasteiger partial charge in [-0.25, -0.2) is 4.99 Å². The van der Waals surface area contributed by atoms with Gasteiger partial charge >= 0.3 is 0 Å². The van der Waals surface area contributed by atoms with Gasteiger partial charge in [0.1, 0.15) is 5.84 Å². The smallest absolute Gasteiger partial charge is 0.132 e. The van der Waals surface area contributed by atoms with E-state index in [-0.39, 0.29) is 0 Å². The lowest BCUT2D eigenvalue weighted by atomic mass is 9.93. The minimum atomic E-state index is 0.644. The molecule has 1 aliphatic heterocycles. The zero-order valence-electron chi connectivity index (χ0n) is 15.9. The van der Waals surface area contributed by atoms with Gasteiger partial charge in [-0.15, -0.1) is 0 Å². The van der Waals surface area contributed by atoms with Gasteiger partial charge in [0.15, 0.2) is 0 Å². The zero-order valence-corrected chi connectivity index (χ0v) is 16.7. The Morgan fingerprint density at radius 1 is 0.583 bits per heavy atom. The fourth-order valence-electron chi connectivity index (χ4n) is 3.51. The highest BCUT2D eigenvalue weighted by Crippen LogP contribution is 2.48. The quantitative estimate of drug-likeness (QED) is 0.673. The molecule has 2 nitrogen and oxygen atoms in total. The number of amidine groups is 1. The van der Waals surface area contributed by atoms with E-state index >= 15 is 0 Å². The van der Waals surface area contributed by atoms with E-state index in [1.807, 2.05) is 11.8 Å². The lowest BCUT2D eigenvalue weighted by molar-refractivity contribution is 1.12. The summed E-state index contributed by atoms with van der Waals surface area (Å²) < 4.78 is 0. The Balaban J connectivity index is 2.45. The van der Waals surface area contributed by atoms with Crippen LogP contribution in [-0.2, 0) is 0 Å². The SMILES string of the molecule is Cc1c(C)c(C)c2c(c1C)N=C(N)c1c(C)c(C)c(C)c(C)c1S2. The Bertz CT molecular complexity index is 921. The third-order valence-electron chi connectivity index (χ3n) is 5.92. The maximum atomic E-state index is 6.49. The van der Waals surface area contributed by atoms with Crippen molar-refractivity contribution in [3.63, 3.8) is 0 Å². The van der Waals surface area contributed by atoms with Crippen molar-refractivity contribution in [1.82, 2.24) is 0 Å². The van der Waals surface area contributed by atoms with E-state index in [1.165, 1.54) is 54.3 Å². The third-order valence-corrected chi connectivity index (χ3v) is 7.34. The van der Waals surface area contributed by atoms with Crippen LogP contribution < -0.4 is 5.73 Å². The molecule has 0 atom stereocenters. The van der Waals surface area contributed by atoms with E-state index in [4.69, 9.17) is 10.7 Å². The number of fused-ring (bicyclic) bond motifs is 2. The summed E-state index contributed by atoms with van der Waals surface area (Å²) >= 11 is 1.84. The van der Waals surface area contributed by atoms with Crippen LogP contribution in [0.1, 0.15) is 50.1 Å². The van der Waals surface area contributed by atoms with Crippen LogP contribution in [0.15, 0.2) is 14.8 Å². The van der Waals surface area contributed by atoms with Gasteiger partial charge in [-0.3, -0.25) is 0 Å². The van der Waals surface area contributed by atoms with Crippen LogP contribution in [-0.4, -0.2) is 5.84 Å². The first kappa shape index (κ1) is 17.1. The zero-order chi connectivity index (χ0) is 17.9. The molecule has 0 aromatic heterocycles. The van der Waals surface area contributed by atoms with E-state index in [0.717, 1.165) is 11.3 Å². The van der Waals surface area contributed by atoms with Crippen molar-refractivity contribution in [2.75, 3.05) is 0 Å². The van der Waals surface area contributed by atoms with Gasteiger partial charge in [0.2, 0.25) is 0 Å². The first-order valence-corrected chi connectivity index (χ1v) is 9.21. The van der Waals surface area contributed by atoms with Crippen molar-refractivity contribution in [3.8, 4) is 0 Å². The fourth-order valence-corrected chi connectivity index (χ4v) is 4.98. The maximum Gasteiger partial charge on any atom is 0.132 e. The summed E-state index contributed by atoms with van der Waals surface area (Å²) in [7, 11) is 0. The number of rotatable bonds is 0. The van der Waals surface area contributed by atoms with Crippen molar-refractivity contribution in [3.05, 3.63) is 50.1 Å². The summed E-state index contributed by atoms with van der Waals surface area (Å²) in [5, 5.41) is 0. The molecule has 1 aliphatic rings. The third kappa shape index (κ3) is 2.21. The molecule has 2 N–H and O–H groups in total. The molecule has 0 bridgehead atoms. The highest BCUT2D eigenvalue weighted by molar-refractivity contribution is 7.99. The van der Waals surface area contributed by atoms with E-state index in [1.54, 1.807) is 0 Å². The van der Waals surface area contributed by atoms with Crippen molar-refractivity contribution < 1.29 is 0 Å². The molecule has 24 heavy (non-hydrogen) atoms. The highest BCUT2D eigenvalue weighted by atomic mass is 32.2. The molecular formula is C21H26N2S. The van der Waals surface area contributed by atoms with Crippen LogP contribution in [0.2, 0.25) is 0 Å². The second kappa shape index (κ2) is 5.66. The maximum absolute atomic E-state index is 6.49. The van der Waals surface area contributed by atoms with Crippen molar-refractivity contribution in [1.29, 1.82) is 0 Å². The van der Waals surface area contributed by atoms with Crippen LogP contribution in [0.3, 0.4) is 0 Å². The normalized spacial score (nSPS) is 13.2. The minimum Gasteiger partial charge on any atom is -0.383 e. The van der Waals surface area contributed by atoms with Gasteiger partial charge in [-0.05, 0) is 99.9 Å². The van der Waals surface area contributed by atoms with Gasteiger partial charge < -0.3 is 5.73 Å². The molecule has 0 aliphatic carbocycles. The summed E-state index contributed by atoms with van der Waals surface area (Å²) in [4.78, 5) is 7.41. The number of nitrogens with zero attached hydrogens (tertiary/aromatic N) is 1. The van der Waals surface area contributed by atoms with E-state index < -0.39 is 0 Å². The topological polar surface area (TPSA) is 38.4 Å². The second-order valence-electron chi connectivity index (χ2n) is 6.98. The van der Waals surface area contributed by atoms with Crippen molar-refractivity contribution >= 4 is 23.3 Å². The molecule has 0 fully saturated rings. The fraction of sp³-hybridized carbons (Fsp3) is 0.381. The lowest BCUT2D eigenvalue weighted by Gasteiger charge is -2.20. The van der Waals surface area contributed by atoms with Crippen LogP contribution in [0.25, 0.3) is 0 Å². The molecule has 0 unspecified atom stereocenters. The summed E-state index contributed by atoms with van der Waals surface area (Å²) in [6.07, 6.45) is 0. The van der Waals surface area contributed by atoms with E-state index in [9.17, 15) is 0 Å². The standard InChI is InChI=1S/C21H26N2S/c1-9-11(3)15(7)19-17(13(9)5)21(22)23-18-14(6)10(2)12(4)16(8)20(18)24-19/h1-8H3,(H2,22,23). The summed E-state index contributed by atoms with van der Waals surface area (Å²) in [5.41, 5.74) is 19.1. The molecule has 2 aromatic rings. The molecule has 1 heterocycles. The van der Waals surface area contributed by atoms with Crippen LogP contribution >= 0.6 is 11.8 Å². The van der Waals surface area contributed by atoms with E-state index in [2.05, 4.69) is 55.4 Å². The minimum absolute atomic E-state index is 0.644. The molecule has 0 spiro atoms. The number of nitrogens with two attached hydrogens (primary N) is 1. The Kier molecular flexibility index (Phi) is 4.03. The molecule has 0 saturated carbocycles. The predicted octanol–water partition coefficient (Wildman–Crippen LogP) is 5.66. The highest BCUT2D eigenvalue weighted by Gasteiger charge is 2.25. The Labute approximate surface area is 149 Å². The molecule has 126 valence electrons. The molecule has 0 saturated heterocycles. The van der Waals surface area contributed by atoms with Gasteiger partial charge in [-0.1, -0.05) is 11.8 Å². The monoisotopic (exact) mass is 338 g/mol. The van der Waals surface area contributed by atoms with Crippen molar-refractivity contribution in [2.24, 2.45) is 10.7 Å². The lowest BCUT2D eigenvalue weighted by Crippen LogP contribution is -2.17. The number of hydrogen-bond donors (Lipinski definition) is 1. The van der Waals surface area contributed by atoms with Crippen LogP contribution in [0.4, 0.5) is 5.69 Å². The molecular weight excluding hydrogens is 312 g/mol. The summed E-state index contributed by atoms with van der Waals surface area (Å²) in [6, 6.07) is 0. The van der Waals surface area contributed by atoms with Gasteiger partial charge in [0, 0.05) is 15.4 Å². The molecule has 3 rings (SSSR count). The largest absolute Gasteiger partial charge is 0.383 e. The predicted molar refractivity (Wildman–Crippen MR) is 105 cm³/mol. The van der Waals surface area contributed by atoms with E-state index in [0.29, 0.717) is 5.84 Å². The van der Waals surface area contributed by atoms with Crippen LogP contribution in [0.5, 0.6) is 0 Å². The Morgan fingerprint density at radius 3 is 1.62 bits per heavy atom. The summed E-state index contributed by atoms with van der Waals surface area (Å²) in [5.74, 6) is 0.644. The second-order valence-corrected chi connectivity index (χ2v) is 8.00. The number of hydrogen-bond acceptors (Lipinski definition) is 3. The molecule has 3 heteroatoms. The Hall–Kier alpha value is -1.74. The van der Waals surface area contributed by atoms with Gasteiger partial charge in [-0.2, -0.15) is 0 Å².